The van der Waals surface area contributed by atoms with E-state index in [1.165, 1.54) is 16.7 Å². The van der Waals surface area contributed by atoms with E-state index in [0.717, 1.165) is 0 Å². The van der Waals surface area contributed by atoms with Crippen molar-refractivity contribution >= 4 is 29.5 Å². The Kier molecular flexibility index (Phi) is 5.33. The molecule has 2 fully saturated rings. The van der Waals surface area contributed by atoms with Gasteiger partial charge in [0.1, 0.15) is 6.04 Å². The van der Waals surface area contributed by atoms with E-state index < -0.39 is 39.0 Å². The molecule has 31 heavy (non-hydrogen) atoms. The summed E-state index contributed by atoms with van der Waals surface area (Å²) in [6, 6.07) is -1.33. The molecule has 7 nitrogen and oxygen atoms in total. The van der Waals surface area contributed by atoms with Crippen molar-refractivity contribution in [1.82, 2.24) is 9.80 Å². The summed E-state index contributed by atoms with van der Waals surface area (Å²) in [5, 5.41) is 9.92. The maximum absolute atomic E-state index is 14.0. The van der Waals surface area contributed by atoms with Gasteiger partial charge in [-0.3, -0.25) is 14.4 Å². The largest absolute Gasteiger partial charge is 0.465 e. The van der Waals surface area contributed by atoms with E-state index in [4.69, 9.17) is 4.74 Å². The van der Waals surface area contributed by atoms with E-state index >= 15 is 0 Å². The Bertz CT molecular complexity index is 865. The number of aliphatic hydroxyl groups excluding tert-OH is 1. The number of esters is 1. The molecule has 4 aliphatic heterocycles. The van der Waals surface area contributed by atoms with Crippen LogP contribution in [0.4, 0.5) is 0 Å². The Hall–Kier alpha value is -1.80. The van der Waals surface area contributed by atoms with Gasteiger partial charge >= 0.3 is 5.97 Å². The SMILES string of the molecule is C[C@H](CO)N1C(=O)[C@@H]2[C@@H]3C(=O)OCCC=C[C@]3(C)S[C@@]23C=CCN(C(C)(C)C)C(=O)C13. The number of thioether (sulfide) groups is 1. The summed E-state index contributed by atoms with van der Waals surface area (Å²) in [7, 11) is 0. The molecular weight excluding hydrogens is 416 g/mol. The molecule has 170 valence electrons. The van der Waals surface area contributed by atoms with Gasteiger partial charge in [0.15, 0.2) is 0 Å². The molecule has 0 bridgehead atoms. The number of rotatable bonds is 2. The number of hydrogen-bond acceptors (Lipinski definition) is 6. The van der Waals surface area contributed by atoms with Gasteiger partial charge in [-0.1, -0.05) is 24.3 Å². The highest BCUT2D eigenvalue weighted by atomic mass is 32.2. The maximum Gasteiger partial charge on any atom is 0.311 e. The molecule has 4 rings (SSSR count). The number of ether oxygens (including phenoxy) is 1. The molecule has 0 saturated carbocycles. The fraction of sp³-hybridized carbons (Fsp3) is 0.696. The van der Waals surface area contributed by atoms with Gasteiger partial charge < -0.3 is 19.6 Å². The third kappa shape index (κ3) is 3.17. The number of amides is 2. The highest BCUT2D eigenvalue weighted by Crippen LogP contribution is 2.65. The topological polar surface area (TPSA) is 87.2 Å². The lowest BCUT2D eigenvalue weighted by atomic mass is 9.74. The number of aliphatic hydroxyl groups is 1. The van der Waals surface area contributed by atoms with Gasteiger partial charge in [-0.25, -0.2) is 0 Å². The van der Waals surface area contributed by atoms with E-state index in [1.54, 1.807) is 11.8 Å². The van der Waals surface area contributed by atoms with Crippen LogP contribution in [-0.2, 0) is 19.1 Å². The average molecular weight is 449 g/mol. The number of cyclic esters (lactones) is 1. The Morgan fingerprint density at radius 3 is 2.55 bits per heavy atom. The Morgan fingerprint density at radius 2 is 1.90 bits per heavy atom. The van der Waals surface area contributed by atoms with Gasteiger partial charge in [0.25, 0.3) is 0 Å². The third-order valence-corrected chi connectivity index (χ3v) is 8.80. The number of hydrogen-bond donors (Lipinski definition) is 1. The zero-order valence-corrected chi connectivity index (χ0v) is 19.6. The molecular formula is C23H32N2O5S. The number of carbonyl (C=O) groups is 3. The second-order valence-corrected chi connectivity index (χ2v) is 11.9. The summed E-state index contributed by atoms with van der Waals surface area (Å²) in [4.78, 5) is 44.3. The number of fused-ring (bicyclic) bond motifs is 2. The van der Waals surface area contributed by atoms with Crippen molar-refractivity contribution in [3.05, 3.63) is 24.3 Å². The minimum Gasteiger partial charge on any atom is -0.465 e. The van der Waals surface area contributed by atoms with Crippen LogP contribution in [0.1, 0.15) is 41.0 Å². The van der Waals surface area contributed by atoms with E-state index in [9.17, 15) is 19.5 Å². The van der Waals surface area contributed by atoms with Crippen molar-refractivity contribution in [2.24, 2.45) is 11.8 Å². The molecule has 1 spiro atoms. The van der Waals surface area contributed by atoms with Crippen molar-refractivity contribution in [2.45, 2.75) is 68.2 Å². The van der Waals surface area contributed by atoms with Gasteiger partial charge in [-0.05, 0) is 41.0 Å². The molecule has 1 N–H and O–H groups in total. The molecule has 0 aromatic heterocycles. The molecule has 4 aliphatic rings. The molecule has 4 heterocycles. The molecule has 2 amide bonds. The monoisotopic (exact) mass is 448 g/mol. The van der Waals surface area contributed by atoms with E-state index in [1.807, 2.05) is 52.0 Å². The van der Waals surface area contributed by atoms with E-state index in [0.29, 0.717) is 13.0 Å². The van der Waals surface area contributed by atoms with Gasteiger partial charge in [0.2, 0.25) is 11.8 Å². The van der Waals surface area contributed by atoms with E-state index in [2.05, 4.69) is 0 Å². The maximum atomic E-state index is 14.0. The molecule has 2 saturated heterocycles. The average Bonchev–Trinajstić information content (AvgIpc) is 3.00. The standard InChI is InChI=1S/C23H32N2O5S/c1-14(13-26)25-17-19(28)24(21(2,3)4)11-8-10-23(17)15(18(25)27)16-20(29)30-12-7-6-9-22(16,5)31-23/h6,8-10,14-17,26H,7,11-13H2,1-5H3/t14-,15+,16-,17?,22+,23+/m1/s1. The predicted molar refractivity (Wildman–Crippen MR) is 118 cm³/mol. The Morgan fingerprint density at radius 1 is 1.19 bits per heavy atom. The third-order valence-electron chi connectivity index (χ3n) is 7.01. The van der Waals surface area contributed by atoms with Crippen molar-refractivity contribution < 1.29 is 24.2 Å². The quantitative estimate of drug-likeness (QED) is 0.512. The first-order valence-electron chi connectivity index (χ1n) is 10.9. The number of likely N-dealkylation sites (tertiary alicyclic amines) is 1. The lowest BCUT2D eigenvalue weighted by molar-refractivity contribution is -0.154. The van der Waals surface area contributed by atoms with Crippen molar-refractivity contribution in [3.63, 3.8) is 0 Å². The highest BCUT2D eigenvalue weighted by Gasteiger charge is 2.74. The first-order valence-corrected chi connectivity index (χ1v) is 11.8. The first kappa shape index (κ1) is 22.4. The molecule has 0 aromatic rings. The smallest absolute Gasteiger partial charge is 0.311 e. The summed E-state index contributed by atoms with van der Waals surface area (Å²) in [6.07, 6.45) is 8.59. The summed E-state index contributed by atoms with van der Waals surface area (Å²) < 4.78 is 3.95. The van der Waals surface area contributed by atoms with Gasteiger partial charge in [-0.2, -0.15) is 0 Å². The second-order valence-electron chi connectivity index (χ2n) is 10.2. The molecule has 6 atom stereocenters. The molecule has 1 unspecified atom stereocenters. The minimum atomic E-state index is -0.898. The lowest BCUT2D eigenvalue weighted by Crippen LogP contribution is -2.59. The van der Waals surface area contributed by atoms with Crippen molar-refractivity contribution in [1.29, 1.82) is 0 Å². The predicted octanol–water partition coefficient (Wildman–Crippen LogP) is 1.75. The summed E-state index contributed by atoms with van der Waals surface area (Å²) in [6.45, 7) is 10.1. The van der Waals surface area contributed by atoms with Crippen LogP contribution < -0.4 is 0 Å². The minimum absolute atomic E-state index is 0.142. The molecule has 0 aliphatic carbocycles. The fourth-order valence-electron chi connectivity index (χ4n) is 5.59. The highest BCUT2D eigenvalue weighted by molar-refractivity contribution is 8.02. The zero-order valence-electron chi connectivity index (χ0n) is 18.8. The van der Waals surface area contributed by atoms with Crippen LogP contribution >= 0.6 is 11.8 Å². The van der Waals surface area contributed by atoms with Gasteiger partial charge in [0, 0.05) is 16.8 Å². The summed E-state index contributed by atoms with van der Waals surface area (Å²) in [5.41, 5.74) is -0.435. The van der Waals surface area contributed by atoms with Gasteiger partial charge in [0.05, 0.1) is 35.8 Å². The summed E-state index contributed by atoms with van der Waals surface area (Å²) in [5.74, 6) is -2.20. The number of carbonyl (C=O) groups excluding carboxylic acids is 3. The molecule has 0 aromatic carbocycles. The van der Waals surface area contributed by atoms with Crippen LogP contribution in [0.5, 0.6) is 0 Å². The van der Waals surface area contributed by atoms with Crippen LogP contribution in [0.2, 0.25) is 0 Å². The normalized spacial score (nSPS) is 38.8. The first-order chi connectivity index (χ1) is 14.5. The van der Waals surface area contributed by atoms with Crippen LogP contribution in [-0.4, -0.2) is 79.6 Å². The second kappa shape index (κ2) is 7.37. The number of nitrogens with zero attached hydrogens (tertiary/aromatic N) is 2. The van der Waals surface area contributed by atoms with Crippen LogP contribution in [0, 0.1) is 11.8 Å². The van der Waals surface area contributed by atoms with E-state index in [-0.39, 0.29) is 31.0 Å². The fourth-order valence-corrected chi connectivity index (χ4v) is 7.73. The Balaban J connectivity index is 1.92. The van der Waals surface area contributed by atoms with Gasteiger partial charge in [-0.15, -0.1) is 11.8 Å². The van der Waals surface area contributed by atoms with Crippen LogP contribution in [0.3, 0.4) is 0 Å². The summed E-state index contributed by atoms with van der Waals surface area (Å²) >= 11 is 1.52. The van der Waals surface area contributed by atoms with Crippen LogP contribution in [0.25, 0.3) is 0 Å². The van der Waals surface area contributed by atoms with Crippen molar-refractivity contribution in [3.8, 4) is 0 Å². The van der Waals surface area contributed by atoms with Crippen molar-refractivity contribution in [2.75, 3.05) is 19.8 Å². The zero-order chi connectivity index (χ0) is 22.8. The molecule has 8 heteroatoms. The Labute approximate surface area is 187 Å². The van der Waals surface area contributed by atoms with Crippen LogP contribution in [0.15, 0.2) is 24.3 Å². The lowest BCUT2D eigenvalue weighted by Gasteiger charge is -2.42. The molecule has 0 radical (unpaired) electrons.